The van der Waals surface area contributed by atoms with Gasteiger partial charge in [-0.15, -0.1) is 0 Å². The van der Waals surface area contributed by atoms with Crippen molar-refractivity contribution in [2.45, 2.75) is 46.6 Å². The number of pyridine rings is 1. The van der Waals surface area contributed by atoms with E-state index >= 15 is 0 Å². The first-order valence-corrected chi connectivity index (χ1v) is 10.8. The molecule has 0 bridgehead atoms. The normalized spacial score (nSPS) is 10.8. The van der Waals surface area contributed by atoms with Crippen LogP contribution in [-0.4, -0.2) is 23.6 Å². The lowest BCUT2D eigenvalue weighted by Gasteiger charge is -2.15. The number of amides is 1. The third-order valence-electron chi connectivity index (χ3n) is 4.75. The van der Waals surface area contributed by atoms with Crippen molar-refractivity contribution < 1.29 is 19.0 Å². The highest BCUT2D eigenvalue weighted by atomic mass is 16.5. The molecule has 1 heterocycles. The van der Waals surface area contributed by atoms with Crippen LogP contribution in [0.15, 0.2) is 67.0 Å². The van der Waals surface area contributed by atoms with Gasteiger partial charge in [0.25, 0.3) is 5.91 Å². The van der Waals surface area contributed by atoms with Crippen molar-refractivity contribution >= 4 is 5.91 Å². The lowest BCUT2D eigenvalue weighted by atomic mass is 10.1. The average molecular weight is 435 g/mol. The van der Waals surface area contributed by atoms with Crippen LogP contribution < -0.4 is 14.8 Å². The summed E-state index contributed by atoms with van der Waals surface area (Å²) in [4.78, 5) is 16.9. The standard InChI is InChI=1S/C26H30N2O4/c1-4-30-25-14-21(11-12-24(25)32-17-20-8-7-13-27-15-20)26(29)28-16-22-9-5-6-10-23(22)18-31-19(2)3/h5-15,19H,4,16-18H2,1-3H3,(H,28,29). The van der Waals surface area contributed by atoms with Crippen LogP contribution in [0.1, 0.15) is 47.8 Å². The zero-order valence-electron chi connectivity index (χ0n) is 18.8. The predicted octanol–water partition coefficient (Wildman–Crippen LogP) is 4.91. The van der Waals surface area contributed by atoms with Crippen molar-refractivity contribution in [3.63, 3.8) is 0 Å². The largest absolute Gasteiger partial charge is 0.490 e. The van der Waals surface area contributed by atoms with E-state index in [0.29, 0.717) is 43.4 Å². The molecule has 0 aliphatic rings. The van der Waals surface area contributed by atoms with E-state index in [1.165, 1.54) is 0 Å². The van der Waals surface area contributed by atoms with Crippen LogP contribution in [0.5, 0.6) is 11.5 Å². The van der Waals surface area contributed by atoms with Crippen LogP contribution in [0.25, 0.3) is 0 Å². The molecule has 32 heavy (non-hydrogen) atoms. The van der Waals surface area contributed by atoms with Crippen molar-refractivity contribution in [2.24, 2.45) is 0 Å². The number of carbonyl (C=O) groups excluding carboxylic acids is 1. The number of nitrogens with zero attached hydrogens (tertiary/aromatic N) is 1. The second kappa shape index (κ2) is 11.9. The van der Waals surface area contributed by atoms with Gasteiger partial charge in [-0.2, -0.15) is 0 Å². The first-order chi connectivity index (χ1) is 15.6. The Morgan fingerprint density at radius 1 is 0.969 bits per heavy atom. The number of hydrogen-bond donors (Lipinski definition) is 1. The molecule has 0 aliphatic heterocycles. The monoisotopic (exact) mass is 434 g/mol. The summed E-state index contributed by atoms with van der Waals surface area (Å²) in [7, 11) is 0. The van der Waals surface area contributed by atoms with Crippen LogP contribution in [-0.2, 0) is 24.5 Å². The molecule has 6 heteroatoms. The third-order valence-corrected chi connectivity index (χ3v) is 4.75. The van der Waals surface area contributed by atoms with Gasteiger partial charge in [0.05, 0.1) is 19.3 Å². The number of ether oxygens (including phenoxy) is 3. The summed E-state index contributed by atoms with van der Waals surface area (Å²) in [6.07, 6.45) is 3.62. The van der Waals surface area contributed by atoms with Gasteiger partial charge in [0.1, 0.15) is 6.61 Å². The molecular formula is C26H30N2O4. The maximum absolute atomic E-state index is 12.8. The van der Waals surface area contributed by atoms with E-state index in [9.17, 15) is 4.79 Å². The Labute approximate surface area is 189 Å². The van der Waals surface area contributed by atoms with Crippen LogP contribution in [0.2, 0.25) is 0 Å². The van der Waals surface area contributed by atoms with Crippen LogP contribution in [0, 0.1) is 0 Å². The van der Waals surface area contributed by atoms with Gasteiger partial charge in [0.15, 0.2) is 11.5 Å². The summed E-state index contributed by atoms with van der Waals surface area (Å²) in [5.41, 5.74) is 3.56. The van der Waals surface area contributed by atoms with Gasteiger partial charge in [0, 0.05) is 30.1 Å². The zero-order chi connectivity index (χ0) is 22.8. The highest BCUT2D eigenvalue weighted by Crippen LogP contribution is 2.29. The van der Waals surface area contributed by atoms with Gasteiger partial charge in [-0.25, -0.2) is 0 Å². The minimum Gasteiger partial charge on any atom is -0.490 e. The zero-order valence-corrected chi connectivity index (χ0v) is 18.8. The van der Waals surface area contributed by atoms with E-state index in [0.717, 1.165) is 16.7 Å². The number of hydrogen-bond acceptors (Lipinski definition) is 5. The van der Waals surface area contributed by atoms with Crippen LogP contribution in [0.3, 0.4) is 0 Å². The molecule has 0 unspecified atom stereocenters. The Morgan fingerprint density at radius 3 is 2.50 bits per heavy atom. The highest BCUT2D eigenvalue weighted by Gasteiger charge is 2.13. The second-order valence-electron chi connectivity index (χ2n) is 7.56. The van der Waals surface area contributed by atoms with Gasteiger partial charge in [0.2, 0.25) is 0 Å². The Hall–Kier alpha value is -3.38. The fourth-order valence-electron chi connectivity index (χ4n) is 3.09. The molecule has 0 saturated heterocycles. The summed E-state index contributed by atoms with van der Waals surface area (Å²) < 4.78 is 17.3. The summed E-state index contributed by atoms with van der Waals surface area (Å²) >= 11 is 0. The van der Waals surface area contributed by atoms with E-state index in [-0.39, 0.29) is 12.0 Å². The van der Waals surface area contributed by atoms with Crippen molar-refractivity contribution in [2.75, 3.05) is 6.61 Å². The fourth-order valence-corrected chi connectivity index (χ4v) is 3.09. The van der Waals surface area contributed by atoms with Gasteiger partial charge in [-0.05, 0) is 56.2 Å². The lowest BCUT2D eigenvalue weighted by molar-refractivity contribution is 0.0651. The van der Waals surface area contributed by atoms with Crippen molar-refractivity contribution in [1.29, 1.82) is 0 Å². The predicted molar refractivity (Wildman–Crippen MR) is 124 cm³/mol. The van der Waals surface area contributed by atoms with Gasteiger partial charge in [-0.3, -0.25) is 9.78 Å². The molecular weight excluding hydrogens is 404 g/mol. The fraction of sp³-hybridized carbons (Fsp3) is 0.308. The summed E-state index contributed by atoms with van der Waals surface area (Å²) in [5.74, 6) is 0.947. The SMILES string of the molecule is CCOc1cc(C(=O)NCc2ccccc2COC(C)C)ccc1OCc1cccnc1. The Morgan fingerprint density at radius 2 is 1.78 bits per heavy atom. The van der Waals surface area contributed by atoms with Crippen LogP contribution in [0.4, 0.5) is 0 Å². The molecule has 168 valence electrons. The highest BCUT2D eigenvalue weighted by molar-refractivity contribution is 5.94. The molecule has 0 aliphatic carbocycles. The van der Waals surface area contributed by atoms with Crippen LogP contribution >= 0.6 is 0 Å². The maximum atomic E-state index is 12.8. The van der Waals surface area contributed by atoms with Crippen molar-refractivity contribution in [1.82, 2.24) is 10.3 Å². The minimum absolute atomic E-state index is 0.147. The third kappa shape index (κ3) is 6.82. The van der Waals surface area contributed by atoms with E-state index in [2.05, 4.69) is 10.3 Å². The molecule has 2 aromatic carbocycles. The topological polar surface area (TPSA) is 69.7 Å². The van der Waals surface area contributed by atoms with E-state index in [1.54, 1.807) is 30.6 Å². The molecule has 0 saturated carbocycles. The number of carbonyl (C=O) groups is 1. The summed E-state index contributed by atoms with van der Waals surface area (Å²) in [5, 5.41) is 2.99. The van der Waals surface area contributed by atoms with E-state index in [1.807, 2.05) is 57.2 Å². The Bertz CT molecular complexity index is 1010. The van der Waals surface area contributed by atoms with E-state index < -0.39 is 0 Å². The number of rotatable bonds is 11. The number of aromatic nitrogens is 1. The van der Waals surface area contributed by atoms with Gasteiger partial charge < -0.3 is 19.5 Å². The quantitative estimate of drug-likeness (QED) is 0.464. The minimum atomic E-state index is -0.177. The molecule has 3 rings (SSSR count). The first kappa shape index (κ1) is 23.3. The molecule has 0 spiro atoms. The number of nitrogens with one attached hydrogen (secondary N) is 1. The average Bonchev–Trinajstić information content (AvgIpc) is 2.81. The van der Waals surface area contributed by atoms with Gasteiger partial charge >= 0.3 is 0 Å². The molecule has 1 N–H and O–H groups in total. The van der Waals surface area contributed by atoms with Gasteiger partial charge in [-0.1, -0.05) is 30.3 Å². The number of benzene rings is 2. The Balaban J connectivity index is 1.66. The molecule has 0 atom stereocenters. The molecule has 3 aromatic rings. The molecule has 0 radical (unpaired) electrons. The van der Waals surface area contributed by atoms with Crippen molar-refractivity contribution in [3.8, 4) is 11.5 Å². The first-order valence-electron chi connectivity index (χ1n) is 10.8. The maximum Gasteiger partial charge on any atom is 0.251 e. The molecule has 6 nitrogen and oxygen atoms in total. The molecule has 1 amide bonds. The summed E-state index contributed by atoms with van der Waals surface area (Å²) in [6.45, 7) is 7.68. The smallest absolute Gasteiger partial charge is 0.251 e. The van der Waals surface area contributed by atoms with E-state index in [4.69, 9.17) is 14.2 Å². The molecule has 0 fully saturated rings. The second-order valence-corrected chi connectivity index (χ2v) is 7.56. The van der Waals surface area contributed by atoms with Crippen molar-refractivity contribution in [3.05, 3.63) is 89.2 Å². The lowest BCUT2D eigenvalue weighted by Crippen LogP contribution is -2.23. The molecule has 1 aromatic heterocycles. The Kier molecular flexibility index (Phi) is 8.63. The summed E-state index contributed by atoms with van der Waals surface area (Å²) in [6, 6.07) is 17.0.